The number of amides is 2. The number of imidazole rings is 1. The molecule has 0 saturated heterocycles. The summed E-state index contributed by atoms with van der Waals surface area (Å²) in [6, 6.07) is 8.53. The lowest BCUT2D eigenvalue weighted by Crippen LogP contribution is -2.22. The highest BCUT2D eigenvalue weighted by Gasteiger charge is 2.15. The van der Waals surface area contributed by atoms with Gasteiger partial charge in [0.25, 0.3) is 11.8 Å². The highest BCUT2D eigenvalue weighted by molar-refractivity contribution is 6.00. The molecule has 2 amide bonds. The monoisotopic (exact) mass is 365 g/mol. The molecule has 0 aliphatic heterocycles. The van der Waals surface area contributed by atoms with Crippen LogP contribution in [-0.4, -0.2) is 47.6 Å². The first-order valence-electron chi connectivity index (χ1n) is 8.20. The Hall–Kier alpha value is -3.68. The summed E-state index contributed by atoms with van der Waals surface area (Å²) in [4.78, 5) is 32.8. The van der Waals surface area contributed by atoms with Crippen LogP contribution in [0.2, 0.25) is 0 Å². The van der Waals surface area contributed by atoms with E-state index in [4.69, 9.17) is 4.74 Å². The van der Waals surface area contributed by atoms with E-state index in [2.05, 4.69) is 20.6 Å². The predicted octanol–water partition coefficient (Wildman–Crippen LogP) is 1.66. The van der Waals surface area contributed by atoms with Crippen molar-refractivity contribution < 1.29 is 14.3 Å². The van der Waals surface area contributed by atoms with Gasteiger partial charge in [-0.2, -0.15) is 0 Å². The van der Waals surface area contributed by atoms with E-state index in [0.29, 0.717) is 28.5 Å². The number of rotatable bonds is 5. The smallest absolute Gasteiger partial charge is 0.251 e. The summed E-state index contributed by atoms with van der Waals surface area (Å²) in [5.74, 6) is 0.531. The van der Waals surface area contributed by atoms with Gasteiger partial charge < -0.3 is 15.4 Å². The summed E-state index contributed by atoms with van der Waals surface area (Å²) >= 11 is 0. The molecule has 3 rings (SSSR count). The number of carbonyl (C=O) groups is 2. The Morgan fingerprint density at radius 1 is 0.963 bits per heavy atom. The van der Waals surface area contributed by atoms with E-state index in [1.807, 2.05) is 6.07 Å². The maximum absolute atomic E-state index is 12.1. The van der Waals surface area contributed by atoms with Gasteiger partial charge in [-0.25, -0.2) is 9.97 Å². The third kappa shape index (κ3) is 3.64. The summed E-state index contributed by atoms with van der Waals surface area (Å²) in [5.41, 5.74) is 2.18. The zero-order valence-electron chi connectivity index (χ0n) is 15.2. The third-order valence-corrected chi connectivity index (χ3v) is 4.02. The van der Waals surface area contributed by atoms with Gasteiger partial charge >= 0.3 is 0 Å². The van der Waals surface area contributed by atoms with Crippen molar-refractivity contribution in [3.8, 4) is 23.0 Å². The number of nitrogens with zero attached hydrogens (tertiary/aromatic N) is 3. The zero-order chi connectivity index (χ0) is 19.4. The van der Waals surface area contributed by atoms with Crippen LogP contribution in [0, 0.1) is 0 Å². The number of methoxy groups -OCH3 is 1. The Morgan fingerprint density at radius 3 is 2.22 bits per heavy atom. The van der Waals surface area contributed by atoms with Crippen LogP contribution in [0.5, 0.6) is 5.88 Å². The van der Waals surface area contributed by atoms with E-state index < -0.39 is 0 Å². The number of pyridine rings is 1. The Kier molecular flexibility index (Phi) is 5.16. The van der Waals surface area contributed by atoms with Crippen molar-refractivity contribution >= 4 is 11.8 Å². The van der Waals surface area contributed by atoms with E-state index >= 15 is 0 Å². The Morgan fingerprint density at radius 2 is 1.63 bits per heavy atom. The average molecular weight is 365 g/mol. The number of carbonyl (C=O) groups excluding carboxylic acids is 2. The first kappa shape index (κ1) is 18.1. The molecule has 0 bridgehead atoms. The molecule has 27 heavy (non-hydrogen) atoms. The minimum absolute atomic E-state index is 0.283. The van der Waals surface area contributed by atoms with Gasteiger partial charge in [0.05, 0.1) is 7.11 Å². The molecule has 3 aromatic rings. The second-order valence-corrected chi connectivity index (χ2v) is 5.63. The van der Waals surface area contributed by atoms with Crippen LogP contribution in [0.25, 0.3) is 17.1 Å². The molecule has 0 radical (unpaired) electrons. The molecule has 0 saturated carbocycles. The fourth-order valence-corrected chi connectivity index (χ4v) is 2.69. The molecule has 0 aliphatic carbocycles. The summed E-state index contributed by atoms with van der Waals surface area (Å²) in [5, 5.41) is 5.16. The van der Waals surface area contributed by atoms with Gasteiger partial charge in [0.2, 0.25) is 5.88 Å². The standard InChI is InChI=1S/C19H19N5O3/c1-20-18(25)13-8-14(19(26)21-2)10-15(9-13)24-7-6-23-17(24)12-4-5-22-16(11-12)27-3/h4-11H,1-3H3,(H,20,25)(H,21,26). The van der Waals surface area contributed by atoms with Gasteiger partial charge in [-0.1, -0.05) is 0 Å². The van der Waals surface area contributed by atoms with Crippen LogP contribution in [0.3, 0.4) is 0 Å². The molecule has 138 valence electrons. The summed E-state index contributed by atoms with van der Waals surface area (Å²) < 4.78 is 6.97. The van der Waals surface area contributed by atoms with Crippen LogP contribution in [-0.2, 0) is 0 Å². The predicted molar refractivity (Wildman–Crippen MR) is 100 cm³/mol. The van der Waals surface area contributed by atoms with Crippen molar-refractivity contribution in [2.75, 3.05) is 21.2 Å². The number of nitrogens with one attached hydrogen (secondary N) is 2. The van der Waals surface area contributed by atoms with Crippen LogP contribution in [0.15, 0.2) is 48.9 Å². The average Bonchev–Trinajstić information content (AvgIpc) is 3.22. The van der Waals surface area contributed by atoms with Gasteiger partial charge in [-0.05, 0) is 24.3 Å². The highest BCUT2D eigenvalue weighted by atomic mass is 16.5. The molecule has 1 aromatic carbocycles. The van der Waals surface area contributed by atoms with Crippen molar-refractivity contribution in [3.05, 3.63) is 60.0 Å². The lowest BCUT2D eigenvalue weighted by Gasteiger charge is -2.12. The van der Waals surface area contributed by atoms with Gasteiger partial charge in [-0.3, -0.25) is 14.2 Å². The van der Waals surface area contributed by atoms with E-state index in [1.54, 1.807) is 68.6 Å². The Balaban J connectivity index is 2.15. The molecule has 2 aromatic heterocycles. The van der Waals surface area contributed by atoms with Crippen molar-refractivity contribution in [3.63, 3.8) is 0 Å². The molecule has 8 nitrogen and oxygen atoms in total. The first-order valence-corrected chi connectivity index (χ1v) is 8.20. The number of hydrogen-bond donors (Lipinski definition) is 2. The lowest BCUT2D eigenvalue weighted by molar-refractivity contribution is 0.0962. The molecular formula is C19H19N5O3. The van der Waals surface area contributed by atoms with Crippen molar-refractivity contribution in [2.24, 2.45) is 0 Å². The van der Waals surface area contributed by atoms with Crippen LogP contribution >= 0.6 is 0 Å². The van der Waals surface area contributed by atoms with Gasteiger partial charge in [-0.15, -0.1) is 0 Å². The third-order valence-electron chi connectivity index (χ3n) is 4.02. The molecule has 0 aliphatic rings. The van der Waals surface area contributed by atoms with Gasteiger partial charge in [0, 0.05) is 61.1 Å². The summed E-state index contributed by atoms with van der Waals surface area (Å²) in [6.45, 7) is 0. The number of ether oxygens (including phenoxy) is 1. The normalized spacial score (nSPS) is 10.3. The second kappa shape index (κ2) is 7.69. The molecule has 0 atom stereocenters. The molecule has 2 heterocycles. The van der Waals surface area contributed by atoms with Gasteiger partial charge in [0.15, 0.2) is 0 Å². The lowest BCUT2D eigenvalue weighted by atomic mass is 10.1. The Bertz CT molecular complexity index is 962. The fraction of sp³-hybridized carbons (Fsp3) is 0.158. The molecular weight excluding hydrogens is 346 g/mol. The minimum Gasteiger partial charge on any atom is -0.481 e. The van der Waals surface area contributed by atoms with E-state index in [1.165, 1.54) is 0 Å². The van der Waals surface area contributed by atoms with E-state index in [0.717, 1.165) is 5.56 Å². The van der Waals surface area contributed by atoms with Crippen molar-refractivity contribution in [2.45, 2.75) is 0 Å². The fourth-order valence-electron chi connectivity index (χ4n) is 2.69. The molecule has 0 fully saturated rings. The molecule has 0 spiro atoms. The summed E-state index contributed by atoms with van der Waals surface area (Å²) in [6.07, 6.45) is 5.04. The topological polar surface area (TPSA) is 98.1 Å². The summed E-state index contributed by atoms with van der Waals surface area (Å²) in [7, 11) is 4.63. The quantitative estimate of drug-likeness (QED) is 0.717. The first-order chi connectivity index (χ1) is 13.1. The number of benzene rings is 1. The largest absolute Gasteiger partial charge is 0.481 e. The minimum atomic E-state index is -0.283. The number of hydrogen-bond acceptors (Lipinski definition) is 5. The van der Waals surface area contributed by atoms with E-state index in [9.17, 15) is 9.59 Å². The van der Waals surface area contributed by atoms with Gasteiger partial charge in [0.1, 0.15) is 5.82 Å². The molecule has 0 unspecified atom stereocenters. The molecule has 8 heteroatoms. The van der Waals surface area contributed by atoms with Crippen molar-refractivity contribution in [1.29, 1.82) is 0 Å². The molecule has 2 N–H and O–H groups in total. The zero-order valence-corrected chi connectivity index (χ0v) is 15.2. The van der Waals surface area contributed by atoms with Crippen LogP contribution < -0.4 is 15.4 Å². The maximum atomic E-state index is 12.1. The number of aromatic nitrogens is 3. The van der Waals surface area contributed by atoms with Crippen molar-refractivity contribution in [1.82, 2.24) is 25.2 Å². The van der Waals surface area contributed by atoms with Crippen LogP contribution in [0.1, 0.15) is 20.7 Å². The van der Waals surface area contributed by atoms with E-state index in [-0.39, 0.29) is 11.8 Å². The van der Waals surface area contributed by atoms with Crippen LogP contribution in [0.4, 0.5) is 0 Å². The SMILES string of the molecule is CNC(=O)c1cc(C(=O)NC)cc(-n2ccnc2-c2ccnc(OC)c2)c1. The Labute approximate surface area is 156 Å². The maximum Gasteiger partial charge on any atom is 0.251 e. The second-order valence-electron chi connectivity index (χ2n) is 5.63. The highest BCUT2D eigenvalue weighted by Crippen LogP contribution is 2.25.